The Hall–Kier alpha value is -2.15. The summed E-state index contributed by atoms with van der Waals surface area (Å²) < 4.78 is 40.7. The highest BCUT2D eigenvalue weighted by molar-refractivity contribution is 5.39. The van der Waals surface area contributed by atoms with E-state index in [1.807, 2.05) is 0 Å². The van der Waals surface area contributed by atoms with Crippen molar-refractivity contribution in [2.24, 2.45) is 0 Å². The van der Waals surface area contributed by atoms with Crippen molar-refractivity contribution < 1.29 is 23.0 Å². The molecular formula is C12H9F3N2O2. The van der Waals surface area contributed by atoms with Crippen LogP contribution in [0.3, 0.4) is 0 Å². The maximum Gasteiger partial charge on any atom is 0.573 e. The summed E-state index contributed by atoms with van der Waals surface area (Å²) in [6.07, 6.45) is -3.47. The second-order valence-corrected chi connectivity index (χ2v) is 3.66. The van der Waals surface area contributed by atoms with Crippen molar-refractivity contribution in [1.29, 1.82) is 0 Å². The minimum absolute atomic E-state index is 0.00725. The molecule has 0 aliphatic rings. The number of aliphatic hydroxyl groups is 1. The molecule has 0 fully saturated rings. The number of halogens is 3. The fourth-order valence-electron chi connectivity index (χ4n) is 1.57. The van der Waals surface area contributed by atoms with E-state index in [4.69, 9.17) is 0 Å². The number of aliphatic hydroxyl groups excluding tert-OH is 1. The molecule has 0 spiro atoms. The SMILES string of the molecule is OC(c1ccnnc1)c1ccccc1OC(F)(F)F. The van der Waals surface area contributed by atoms with Crippen molar-refractivity contribution in [2.75, 3.05) is 0 Å². The lowest BCUT2D eigenvalue weighted by atomic mass is 10.0. The van der Waals surface area contributed by atoms with Crippen molar-refractivity contribution in [2.45, 2.75) is 12.5 Å². The van der Waals surface area contributed by atoms with E-state index < -0.39 is 18.2 Å². The Labute approximate surface area is 106 Å². The smallest absolute Gasteiger partial charge is 0.405 e. The number of hydrogen-bond donors (Lipinski definition) is 1. The summed E-state index contributed by atoms with van der Waals surface area (Å²) in [4.78, 5) is 0. The van der Waals surface area contributed by atoms with Crippen LogP contribution in [0.15, 0.2) is 42.7 Å². The molecule has 1 unspecified atom stereocenters. The van der Waals surface area contributed by atoms with E-state index in [-0.39, 0.29) is 5.56 Å². The van der Waals surface area contributed by atoms with Crippen LogP contribution in [0.25, 0.3) is 0 Å². The van der Waals surface area contributed by atoms with Crippen LogP contribution >= 0.6 is 0 Å². The molecule has 19 heavy (non-hydrogen) atoms. The molecule has 4 nitrogen and oxygen atoms in total. The third-order valence-corrected chi connectivity index (χ3v) is 2.36. The Morgan fingerprint density at radius 3 is 2.47 bits per heavy atom. The maximum absolute atomic E-state index is 12.3. The van der Waals surface area contributed by atoms with Gasteiger partial charge in [-0.1, -0.05) is 18.2 Å². The lowest BCUT2D eigenvalue weighted by Crippen LogP contribution is -2.18. The van der Waals surface area contributed by atoms with Gasteiger partial charge in [0.15, 0.2) is 0 Å². The first-order chi connectivity index (χ1) is 8.97. The molecule has 0 aliphatic carbocycles. The molecule has 100 valence electrons. The molecule has 7 heteroatoms. The summed E-state index contributed by atoms with van der Waals surface area (Å²) in [6, 6.07) is 6.85. The highest BCUT2D eigenvalue weighted by Gasteiger charge is 2.32. The fourth-order valence-corrected chi connectivity index (χ4v) is 1.57. The minimum Gasteiger partial charge on any atom is -0.405 e. The van der Waals surface area contributed by atoms with Crippen LogP contribution in [0, 0.1) is 0 Å². The van der Waals surface area contributed by atoms with Crippen LogP contribution < -0.4 is 4.74 Å². The van der Waals surface area contributed by atoms with Crippen LogP contribution in [0.1, 0.15) is 17.2 Å². The summed E-state index contributed by atoms with van der Waals surface area (Å²) in [6.45, 7) is 0. The predicted molar refractivity (Wildman–Crippen MR) is 59.2 cm³/mol. The van der Waals surface area contributed by atoms with Gasteiger partial charge in [0.1, 0.15) is 11.9 Å². The van der Waals surface area contributed by atoms with Gasteiger partial charge in [0.25, 0.3) is 0 Å². The topological polar surface area (TPSA) is 55.2 Å². The van der Waals surface area contributed by atoms with Gasteiger partial charge >= 0.3 is 6.36 Å². The highest BCUT2D eigenvalue weighted by atomic mass is 19.4. The molecule has 1 aromatic carbocycles. The van der Waals surface area contributed by atoms with Gasteiger partial charge < -0.3 is 9.84 Å². The zero-order valence-corrected chi connectivity index (χ0v) is 9.50. The molecule has 2 aromatic rings. The van der Waals surface area contributed by atoms with Gasteiger partial charge in [-0.25, -0.2) is 0 Å². The molecular weight excluding hydrogens is 261 g/mol. The second-order valence-electron chi connectivity index (χ2n) is 3.66. The van der Waals surface area contributed by atoms with E-state index in [9.17, 15) is 18.3 Å². The third kappa shape index (κ3) is 3.41. The molecule has 0 saturated carbocycles. The van der Waals surface area contributed by atoms with Gasteiger partial charge in [-0.05, 0) is 12.1 Å². The standard InChI is InChI=1S/C12H9F3N2O2/c13-12(14,15)19-10-4-2-1-3-9(10)11(18)8-5-6-16-17-7-8/h1-7,11,18H. The molecule has 0 bridgehead atoms. The molecule has 0 aliphatic heterocycles. The van der Waals surface area contributed by atoms with Crippen molar-refractivity contribution in [3.8, 4) is 5.75 Å². The molecule has 0 saturated heterocycles. The first kappa shape index (κ1) is 13.3. The summed E-state index contributed by atoms with van der Waals surface area (Å²) >= 11 is 0. The Kier molecular flexibility index (Phi) is 3.66. The lowest BCUT2D eigenvalue weighted by Gasteiger charge is -2.16. The van der Waals surface area contributed by atoms with Gasteiger partial charge in [0.2, 0.25) is 0 Å². The number of ether oxygens (including phenoxy) is 1. The van der Waals surface area contributed by atoms with Gasteiger partial charge in [0.05, 0.1) is 6.20 Å². The van der Waals surface area contributed by atoms with Crippen LogP contribution in [-0.4, -0.2) is 21.7 Å². The summed E-state index contributed by atoms with van der Waals surface area (Å²) in [5.41, 5.74) is 0.334. The Morgan fingerprint density at radius 2 is 1.84 bits per heavy atom. The predicted octanol–water partition coefficient (Wildman–Crippen LogP) is 2.46. The summed E-state index contributed by atoms with van der Waals surface area (Å²) in [5.74, 6) is -0.445. The van der Waals surface area contributed by atoms with Crippen molar-refractivity contribution in [3.63, 3.8) is 0 Å². The fraction of sp³-hybridized carbons (Fsp3) is 0.167. The normalized spacial score (nSPS) is 13.1. The number of alkyl halides is 3. The first-order valence-corrected chi connectivity index (χ1v) is 5.27. The third-order valence-electron chi connectivity index (χ3n) is 2.36. The van der Waals surface area contributed by atoms with Gasteiger partial charge in [-0.15, -0.1) is 13.2 Å². The summed E-state index contributed by atoms with van der Waals surface area (Å²) in [5, 5.41) is 17.1. The van der Waals surface area contributed by atoms with Crippen molar-refractivity contribution >= 4 is 0 Å². The van der Waals surface area contributed by atoms with Gasteiger partial charge in [0, 0.05) is 17.3 Å². The average Bonchev–Trinajstić information content (AvgIpc) is 2.38. The molecule has 1 N–H and O–H groups in total. The molecule has 1 heterocycles. The first-order valence-electron chi connectivity index (χ1n) is 5.27. The number of nitrogens with zero attached hydrogens (tertiary/aromatic N) is 2. The largest absolute Gasteiger partial charge is 0.573 e. The van der Waals surface area contributed by atoms with Crippen LogP contribution in [0.4, 0.5) is 13.2 Å². The average molecular weight is 270 g/mol. The van der Waals surface area contributed by atoms with Crippen molar-refractivity contribution in [3.05, 3.63) is 53.9 Å². The van der Waals surface area contributed by atoms with E-state index >= 15 is 0 Å². The molecule has 1 aromatic heterocycles. The van der Waals surface area contributed by atoms with Crippen molar-refractivity contribution in [1.82, 2.24) is 10.2 Å². The zero-order chi connectivity index (χ0) is 13.9. The Balaban J connectivity index is 2.35. The van der Waals surface area contributed by atoms with E-state index in [2.05, 4.69) is 14.9 Å². The number of rotatable bonds is 3. The highest BCUT2D eigenvalue weighted by Crippen LogP contribution is 2.32. The van der Waals surface area contributed by atoms with Gasteiger partial charge in [-0.3, -0.25) is 0 Å². The van der Waals surface area contributed by atoms with E-state index in [0.29, 0.717) is 5.56 Å². The lowest BCUT2D eigenvalue weighted by molar-refractivity contribution is -0.275. The van der Waals surface area contributed by atoms with Crippen LogP contribution in [-0.2, 0) is 0 Å². The quantitative estimate of drug-likeness (QED) is 0.930. The van der Waals surface area contributed by atoms with Gasteiger partial charge in [-0.2, -0.15) is 10.2 Å². The number of para-hydroxylation sites is 1. The Bertz CT molecular complexity index is 546. The molecule has 0 radical (unpaired) electrons. The van der Waals surface area contributed by atoms with Crippen LogP contribution in [0.2, 0.25) is 0 Å². The number of benzene rings is 1. The maximum atomic E-state index is 12.3. The molecule has 2 rings (SSSR count). The number of hydrogen-bond acceptors (Lipinski definition) is 4. The monoisotopic (exact) mass is 270 g/mol. The number of aromatic nitrogens is 2. The molecule has 0 amide bonds. The summed E-state index contributed by atoms with van der Waals surface area (Å²) in [7, 11) is 0. The molecule has 1 atom stereocenters. The van der Waals surface area contributed by atoms with E-state index in [1.54, 1.807) is 0 Å². The van der Waals surface area contributed by atoms with E-state index in [1.165, 1.54) is 36.7 Å². The Morgan fingerprint density at radius 1 is 1.11 bits per heavy atom. The zero-order valence-electron chi connectivity index (χ0n) is 9.50. The van der Waals surface area contributed by atoms with E-state index in [0.717, 1.165) is 6.07 Å². The second kappa shape index (κ2) is 5.23. The minimum atomic E-state index is -4.81. The van der Waals surface area contributed by atoms with Crippen LogP contribution in [0.5, 0.6) is 5.75 Å².